The molecule has 0 saturated heterocycles. The number of rotatable bonds is 1. The number of nitrogens with one attached hydrogen (secondary N) is 2. The molecule has 4 nitrogen and oxygen atoms in total. The summed E-state index contributed by atoms with van der Waals surface area (Å²) in [6.07, 6.45) is 2.04. The van der Waals surface area contributed by atoms with Crippen LogP contribution in [0, 0.1) is 0 Å². The van der Waals surface area contributed by atoms with Gasteiger partial charge in [-0.2, -0.15) is 0 Å². The van der Waals surface area contributed by atoms with Crippen molar-refractivity contribution in [3.05, 3.63) is 23.8 Å². The second-order valence-corrected chi connectivity index (χ2v) is 5.60. The van der Waals surface area contributed by atoms with Gasteiger partial charge in [0.2, 0.25) is 0 Å². The van der Waals surface area contributed by atoms with Crippen LogP contribution >= 0.6 is 0 Å². The molecular weight excluding hydrogens is 228 g/mol. The number of benzene rings is 1. The van der Waals surface area contributed by atoms with E-state index in [1.54, 1.807) is 0 Å². The molecule has 2 amide bonds. The Morgan fingerprint density at radius 1 is 1.33 bits per heavy atom. The lowest BCUT2D eigenvalue weighted by atomic mass is 10.1. The van der Waals surface area contributed by atoms with Gasteiger partial charge in [0.25, 0.3) is 0 Å². The Morgan fingerprint density at radius 2 is 2.11 bits per heavy atom. The fourth-order valence-corrected chi connectivity index (χ4v) is 1.94. The molecule has 0 spiro atoms. The molecule has 1 heterocycles. The number of aryl methyl sites for hydroxylation is 1. The molecule has 2 rings (SSSR count). The molecule has 0 unspecified atom stereocenters. The third-order valence-corrected chi connectivity index (χ3v) is 2.65. The van der Waals surface area contributed by atoms with Crippen molar-refractivity contribution in [1.82, 2.24) is 5.32 Å². The number of hydrogen-bond acceptors (Lipinski definition) is 2. The summed E-state index contributed by atoms with van der Waals surface area (Å²) < 4.78 is 5.54. The standard InChI is InChI=1S/C14H20N2O2/c1-14(2,3)16-13(17)15-11-6-7-12-10(9-11)5-4-8-18-12/h6-7,9H,4-5,8H2,1-3H3,(H2,15,16,17). The number of amides is 2. The lowest BCUT2D eigenvalue weighted by Crippen LogP contribution is -2.43. The highest BCUT2D eigenvalue weighted by atomic mass is 16.5. The van der Waals surface area contributed by atoms with Crippen LogP contribution in [0.4, 0.5) is 10.5 Å². The predicted octanol–water partition coefficient (Wildman–Crippen LogP) is 2.93. The zero-order valence-corrected chi connectivity index (χ0v) is 11.2. The first kappa shape index (κ1) is 12.7. The first-order valence-electron chi connectivity index (χ1n) is 6.29. The summed E-state index contributed by atoms with van der Waals surface area (Å²) in [6.45, 7) is 6.64. The van der Waals surface area contributed by atoms with Gasteiger partial charge in [0, 0.05) is 11.2 Å². The highest BCUT2D eigenvalue weighted by Gasteiger charge is 2.15. The van der Waals surface area contributed by atoms with Crippen molar-refractivity contribution in [3.63, 3.8) is 0 Å². The Labute approximate surface area is 108 Å². The monoisotopic (exact) mass is 248 g/mol. The Bertz CT molecular complexity index is 450. The summed E-state index contributed by atoms with van der Waals surface area (Å²) in [5.74, 6) is 0.933. The second kappa shape index (κ2) is 4.88. The number of hydrogen-bond donors (Lipinski definition) is 2. The molecule has 0 saturated carbocycles. The van der Waals surface area contributed by atoms with Crippen LogP contribution in [0.15, 0.2) is 18.2 Å². The topological polar surface area (TPSA) is 50.4 Å². The van der Waals surface area contributed by atoms with E-state index < -0.39 is 0 Å². The summed E-state index contributed by atoms with van der Waals surface area (Å²) >= 11 is 0. The summed E-state index contributed by atoms with van der Waals surface area (Å²) in [6, 6.07) is 5.59. The van der Waals surface area contributed by atoms with Gasteiger partial charge in [-0.15, -0.1) is 0 Å². The molecule has 0 aromatic heterocycles. The van der Waals surface area contributed by atoms with Crippen LogP contribution in [0.1, 0.15) is 32.8 Å². The van der Waals surface area contributed by atoms with E-state index in [0.29, 0.717) is 0 Å². The van der Waals surface area contributed by atoms with E-state index in [-0.39, 0.29) is 11.6 Å². The largest absolute Gasteiger partial charge is 0.493 e. The molecule has 1 aromatic carbocycles. The molecule has 0 bridgehead atoms. The molecule has 0 fully saturated rings. The molecule has 0 atom stereocenters. The smallest absolute Gasteiger partial charge is 0.319 e. The van der Waals surface area contributed by atoms with Crippen LogP contribution in [-0.2, 0) is 6.42 Å². The molecule has 0 aliphatic carbocycles. The minimum atomic E-state index is -0.235. The second-order valence-electron chi connectivity index (χ2n) is 5.60. The van der Waals surface area contributed by atoms with Gasteiger partial charge in [-0.05, 0) is 57.4 Å². The quantitative estimate of drug-likeness (QED) is 0.802. The number of urea groups is 1. The fraction of sp³-hybridized carbons (Fsp3) is 0.500. The Hall–Kier alpha value is -1.71. The van der Waals surface area contributed by atoms with Crippen molar-refractivity contribution in [2.24, 2.45) is 0 Å². The summed E-state index contributed by atoms with van der Waals surface area (Å²) in [5.41, 5.74) is 1.73. The highest BCUT2D eigenvalue weighted by Crippen LogP contribution is 2.27. The zero-order valence-electron chi connectivity index (χ0n) is 11.2. The molecule has 1 aliphatic rings. The van der Waals surface area contributed by atoms with E-state index in [2.05, 4.69) is 10.6 Å². The van der Waals surface area contributed by atoms with Gasteiger partial charge in [-0.1, -0.05) is 0 Å². The fourth-order valence-electron chi connectivity index (χ4n) is 1.94. The van der Waals surface area contributed by atoms with Gasteiger partial charge in [0.05, 0.1) is 6.61 Å². The highest BCUT2D eigenvalue weighted by molar-refractivity contribution is 5.89. The lowest BCUT2D eigenvalue weighted by Gasteiger charge is -2.22. The molecule has 1 aromatic rings. The van der Waals surface area contributed by atoms with E-state index in [9.17, 15) is 4.79 Å². The molecule has 1 aliphatic heterocycles. The zero-order chi connectivity index (χ0) is 13.2. The summed E-state index contributed by atoms with van der Waals surface area (Å²) in [7, 11) is 0. The van der Waals surface area contributed by atoms with Crippen molar-refractivity contribution in [3.8, 4) is 5.75 Å². The first-order valence-corrected chi connectivity index (χ1v) is 6.29. The van der Waals surface area contributed by atoms with Gasteiger partial charge < -0.3 is 15.4 Å². The summed E-state index contributed by atoms with van der Waals surface area (Å²) in [4.78, 5) is 11.7. The van der Waals surface area contributed by atoms with Crippen molar-refractivity contribution < 1.29 is 9.53 Å². The lowest BCUT2D eigenvalue weighted by molar-refractivity contribution is 0.244. The number of fused-ring (bicyclic) bond motifs is 1. The van der Waals surface area contributed by atoms with Crippen LogP contribution in [0.3, 0.4) is 0 Å². The van der Waals surface area contributed by atoms with E-state index >= 15 is 0 Å². The minimum absolute atomic E-state index is 0.181. The van der Waals surface area contributed by atoms with Crippen molar-refractivity contribution in [2.45, 2.75) is 39.2 Å². The Morgan fingerprint density at radius 3 is 2.83 bits per heavy atom. The normalized spacial score (nSPS) is 14.4. The van der Waals surface area contributed by atoms with Crippen LogP contribution in [0.5, 0.6) is 5.75 Å². The van der Waals surface area contributed by atoms with Crippen LogP contribution in [0.25, 0.3) is 0 Å². The van der Waals surface area contributed by atoms with Gasteiger partial charge >= 0.3 is 6.03 Å². The summed E-state index contributed by atoms with van der Waals surface area (Å²) in [5, 5.41) is 5.71. The van der Waals surface area contributed by atoms with Gasteiger partial charge in [-0.25, -0.2) is 4.79 Å². The van der Waals surface area contributed by atoms with Gasteiger partial charge in [-0.3, -0.25) is 0 Å². The molecule has 98 valence electrons. The number of ether oxygens (including phenoxy) is 1. The molecule has 0 radical (unpaired) electrons. The predicted molar refractivity (Wildman–Crippen MR) is 72.2 cm³/mol. The van der Waals surface area contributed by atoms with Crippen LogP contribution in [-0.4, -0.2) is 18.2 Å². The molecular formula is C14H20N2O2. The molecule has 18 heavy (non-hydrogen) atoms. The van der Waals surface area contributed by atoms with Crippen molar-refractivity contribution in [1.29, 1.82) is 0 Å². The van der Waals surface area contributed by atoms with Crippen molar-refractivity contribution >= 4 is 11.7 Å². The molecule has 2 N–H and O–H groups in total. The number of anilines is 1. The maximum atomic E-state index is 11.7. The van der Waals surface area contributed by atoms with E-state index in [0.717, 1.165) is 36.4 Å². The van der Waals surface area contributed by atoms with E-state index in [1.165, 1.54) is 0 Å². The maximum Gasteiger partial charge on any atom is 0.319 e. The minimum Gasteiger partial charge on any atom is -0.493 e. The number of carbonyl (C=O) groups excluding carboxylic acids is 1. The Balaban J connectivity index is 2.04. The van der Waals surface area contributed by atoms with Gasteiger partial charge in [0.15, 0.2) is 0 Å². The van der Waals surface area contributed by atoms with E-state index in [4.69, 9.17) is 4.74 Å². The third-order valence-electron chi connectivity index (χ3n) is 2.65. The SMILES string of the molecule is CC(C)(C)NC(=O)Nc1ccc2c(c1)CCCO2. The average Bonchev–Trinajstić information content (AvgIpc) is 2.26. The van der Waals surface area contributed by atoms with Crippen molar-refractivity contribution in [2.75, 3.05) is 11.9 Å². The average molecular weight is 248 g/mol. The maximum absolute atomic E-state index is 11.7. The van der Waals surface area contributed by atoms with Gasteiger partial charge in [0.1, 0.15) is 5.75 Å². The first-order chi connectivity index (χ1) is 8.44. The number of carbonyl (C=O) groups is 1. The molecule has 4 heteroatoms. The van der Waals surface area contributed by atoms with E-state index in [1.807, 2.05) is 39.0 Å². The van der Waals surface area contributed by atoms with Crippen LogP contribution in [0.2, 0.25) is 0 Å². The Kier molecular flexibility index (Phi) is 3.45. The third kappa shape index (κ3) is 3.39. The van der Waals surface area contributed by atoms with Crippen LogP contribution < -0.4 is 15.4 Å².